The van der Waals surface area contributed by atoms with E-state index in [1.165, 1.54) is 244 Å². The smallest absolute Gasteiger partial charge is 0.0294 e. The molecule has 0 radical (unpaired) electrons. The van der Waals surface area contributed by atoms with Gasteiger partial charge in [-0.25, -0.2) is 0 Å². The largest absolute Gasteiger partial charge is 0.0649 e. The van der Waals surface area contributed by atoms with Gasteiger partial charge in [-0.15, -0.1) is 0 Å². The number of hydrogen-bond acceptors (Lipinski definition) is 0. The third-order valence-electron chi connectivity index (χ3n) is 36.1. The molecule has 0 N–H and O–H groups in total. The summed E-state index contributed by atoms with van der Waals surface area (Å²) < 4.78 is 6.94. The van der Waals surface area contributed by atoms with Crippen LogP contribution in [0.25, 0.3) is 0 Å². The first kappa shape index (κ1) is 88.9. The van der Waals surface area contributed by atoms with E-state index >= 15 is 0 Å². The minimum atomic E-state index is -0.250. The second-order valence-electron chi connectivity index (χ2n) is 50.1. The molecule has 4 spiro atoms. The molecule has 0 aromatic heterocycles. The minimum Gasteiger partial charge on any atom is -0.0649 e. The van der Waals surface area contributed by atoms with Gasteiger partial charge in [0, 0.05) is 1.37 Å². The first-order chi connectivity index (χ1) is 49.3. The first-order valence-corrected chi connectivity index (χ1v) is 48.8. The van der Waals surface area contributed by atoms with Gasteiger partial charge in [-0.05, 0) is 404 Å². The molecular formula is C105H196. The molecule has 0 aromatic rings. The molecule has 105 heavy (non-hydrogen) atoms. The standard InChI is InChI=1S/C16H30.C14H26.C12H20.C12H22.2C11H20.2C10H18.C5H12.C4H10/c1-13-6-8-16(9-7-13)11-14(2,3)10-15(4,5)12-16;1-12-4-6-14(7-5-12)10-8-13(2,3)9-11-14;1-2-12-6-9-3-10(7-12)5-11(4-9)8-12;1-11-5-9-12(10-6-11)7-3-2-4-8-12;1-8-9-4-6-10(7-5-9)11(8,2)3;1-10-4-8-11(9-5-10)6-2-3-7-11;1-8-7-9-3-5-10(8,2)6-4-9;1-7-8(2)10-5-3-9(7)4-6-10;1-5(2,3)4;1-4(2)3/h13H,6-12H2,1-5H3;12H,4-11H2,1-3H3;9-11H,2-8H2,1H3;11H,2-10H2,1H3;8-10H,4-7H2,1-3H3;10H,2-9H2,1H3;8-9H,3-7H2,1-2H3;7-10H,3-6H2,1-2H3;1-4H3;4H,1-3H3/t;;;;8-,9?,10?;;8-,9?,10?;7-,8?,9?,10?;;/m....1.00../s1/i;;;;;;;;;4D. The molecule has 0 heterocycles. The predicted molar refractivity (Wildman–Crippen MR) is 468 cm³/mol. The van der Waals surface area contributed by atoms with Crippen LogP contribution in [0.3, 0.4) is 0 Å². The highest BCUT2D eigenvalue weighted by Gasteiger charge is 2.52. The van der Waals surface area contributed by atoms with Crippen molar-refractivity contribution in [3.63, 3.8) is 0 Å². The van der Waals surface area contributed by atoms with Crippen molar-refractivity contribution in [2.45, 2.75) is 507 Å². The van der Waals surface area contributed by atoms with Crippen LogP contribution in [-0.4, -0.2) is 0 Å². The molecule has 0 heteroatoms. The maximum absolute atomic E-state index is 6.94. The van der Waals surface area contributed by atoms with Gasteiger partial charge < -0.3 is 0 Å². The highest BCUT2D eigenvalue weighted by molar-refractivity contribution is 5.03. The maximum Gasteiger partial charge on any atom is 0.0294 e. The van der Waals surface area contributed by atoms with Gasteiger partial charge in [-0.2, -0.15) is 0 Å². The van der Waals surface area contributed by atoms with Crippen molar-refractivity contribution in [1.29, 1.82) is 0 Å². The summed E-state index contributed by atoms with van der Waals surface area (Å²) in [7, 11) is 0. The van der Waals surface area contributed by atoms with Crippen molar-refractivity contribution in [3.8, 4) is 0 Å². The molecule has 21 fully saturated rings. The fourth-order valence-corrected chi connectivity index (χ4v) is 28.7. The van der Waals surface area contributed by atoms with Crippen LogP contribution in [0, 0.1) is 160 Å². The van der Waals surface area contributed by atoms with E-state index in [9.17, 15) is 0 Å². The molecule has 21 aliphatic carbocycles. The normalized spacial score (nSPS) is 39.3. The summed E-state index contributed by atoms with van der Waals surface area (Å²) in [6.45, 7) is 58.6. The summed E-state index contributed by atoms with van der Waals surface area (Å²) in [5.74, 6) is 16.7. The Morgan fingerprint density at radius 3 is 0.924 bits per heavy atom. The lowest BCUT2D eigenvalue weighted by molar-refractivity contribution is -0.0545. The first-order valence-electron chi connectivity index (χ1n) is 49.3. The van der Waals surface area contributed by atoms with Gasteiger partial charge in [0.05, 0.1) is 0 Å². The Balaban J connectivity index is 0.000000151. The molecule has 0 saturated heterocycles. The Morgan fingerprint density at radius 1 is 0.333 bits per heavy atom. The highest BCUT2D eigenvalue weighted by Crippen LogP contribution is 2.63. The van der Waals surface area contributed by atoms with E-state index < -0.39 is 0 Å². The zero-order valence-electron chi connectivity index (χ0n) is 78.0. The molecular weight excluding hydrogens is 1260 g/mol. The summed E-state index contributed by atoms with van der Waals surface area (Å²) in [6.07, 6.45) is 79.3. The van der Waals surface area contributed by atoms with Crippen molar-refractivity contribution in [2.75, 3.05) is 0 Å². The van der Waals surface area contributed by atoms with Crippen molar-refractivity contribution in [2.24, 2.45) is 160 Å². The van der Waals surface area contributed by atoms with Crippen LogP contribution < -0.4 is 0 Å². The molecule has 0 aromatic carbocycles. The Kier molecular flexibility index (Phi) is 32.7. The van der Waals surface area contributed by atoms with E-state index in [1.54, 1.807) is 89.9 Å². The molecule has 0 aliphatic heterocycles. The van der Waals surface area contributed by atoms with Crippen molar-refractivity contribution in [1.82, 2.24) is 0 Å². The van der Waals surface area contributed by atoms with Gasteiger partial charge in [0.15, 0.2) is 0 Å². The SMILES string of the molecule is CC(C)(C)C.CC1C2CCC(CC2)[C@H]1C.CC1CCC2(CC1)CC(C)(C)CC(C)(C)C2.CC1CCC2(CC1)CCC(C)(C)CC2.CC1CCC2(CCCC2)CC1.CC1CCC2(CCCCC2)CC1.CCC12CC3CC(CC(C3)C1)C2.C[C@@H]1C2CCC(CC2)C1(C)C.C[C@H]1CC2CCC1(C)CC2.[2H]C(C)(C)C. The van der Waals surface area contributed by atoms with Crippen LogP contribution in [0.5, 0.6) is 0 Å². The van der Waals surface area contributed by atoms with Gasteiger partial charge in [-0.3, -0.25) is 0 Å². The number of rotatable bonds is 1. The average molecular weight is 1460 g/mol. The van der Waals surface area contributed by atoms with E-state index in [1.807, 2.05) is 20.8 Å². The lowest BCUT2D eigenvalue weighted by Gasteiger charge is -2.56. The van der Waals surface area contributed by atoms with Crippen molar-refractivity contribution >= 4 is 0 Å². The van der Waals surface area contributed by atoms with Gasteiger partial charge in [0.25, 0.3) is 0 Å². The Labute approximate surface area is 664 Å². The quantitative estimate of drug-likeness (QED) is 0.245. The molecule has 21 rings (SSSR count). The van der Waals surface area contributed by atoms with Crippen LogP contribution >= 0.6 is 0 Å². The maximum atomic E-state index is 6.94. The Morgan fingerprint density at radius 2 is 0.648 bits per heavy atom. The second kappa shape index (κ2) is 38.6. The fourth-order valence-electron chi connectivity index (χ4n) is 28.7. The molecule has 21 aliphatic rings. The van der Waals surface area contributed by atoms with E-state index in [-0.39, 0.29) is 5.89 Å². The fraction of sp³-hybridized carbons (Fsp3) is 1.00. The monoisotopic (exact) mass is 1460 g/mol. The summed E-state index contributed by atoms with van der Waals surface area (Å²) in [5, 5.41) is 0. The predicted octanol–water partition coefficient (Wildman–Crippen LogP) is 35.2. The Bertz CT molecular complexity index is 2330. The zero-order valence-corrected chi connectivity index (χ0v) is 77.0. The molecule has 0 nitrogen and oxygen atoms in total. The second-order valence-corrected chi connectivity index (χ2v) is 50.1. The molecule has 1 unspecified atom stereocenters. The van der Waals surface area contributed by atoms with Gasteiger partial charge in [-0.1, -0.05) is 263 Å². The lowest BCUT2D eigenvalue weighted by Crippen LogP contribution is -2.45. The summed E-state index contributed by atoms with van der Waals surface area (Å²) in [5.41, 5.74) is 7.72. The lowest BCUT2D eigenvalue weighted by atomic mass is 9.49. The summed E-state index contributed by atoms with van der Waals surface area (Å²) >= 11 is 0. The van der Waals surface area contributed by atoms with E-state index in [0.29, 0.717) is 32.5 Å². The molecule has 0 amide bonds. The molecule has 21 saturated carbocycles. The summed E-state index contributed by atoms with van der Waals surface area (Å²) in [6, 6.07) is 0. The van der Waals surface area contributed by atoms with Crippen molar-refractivity contribution in [3.05, 3.63) is 0 Å². The van der Waals surface area contributed by atoms with Crippen molar-refractivity contribution < 1.29 is 1.37 Å². The number of hydrogen-bond donors (Lipinski definition) is 0. The number of fused-ring (bicyclic) bond motifs is 9. The highest BCUT2D eigenvalue weighted by atomic mass is 14.6. The third kappa shape index (κ3) is 27.3. The summed E-state index contributed by atoms with van der Waals surface area (Å²) in [4.78, 5) is 0. The minimum absolute atomic E-state index is 0.250. The molecule has 616 valence electrons. The topological polar surface area (TPSA) is 0 Å². The molecule has 4 atom stereocenters. The van der Waals surface area contributed by atoms with Gasteiger partial charge >= 0.3 is 0 Å². The van der Waals surface area contributed by atoms with Crippen LogP contribution in [0.15, 0.2) is 0 Å². The Hall–Kier alpha value is 0. The van der Waals surface area contributed by atoms with Crippen LogP contribution in [0.1, 0.15) is 508 Å². The third-order valence-corrected chi connectivity index (χ3v) is 36.1. The average Bonchev–Trinajstić information content (AvgIpc) is 0.868. The van der Waals surface area contributed by atoms with E-state index in [0.717, 1.165) is 122 Å². The van der Waals surface area contributed by atoms with Crippen LogP contribution in [0.2, 0.25) is 0 Å². The zero-order chi connectivity index (χ0) is 78.0. The van der Waals surface area contributed by atoms with E-state index in [2.05, 4.69) is 152 Å². The van der Waals surface area contributed by atoms with Crippen LogP contribution in [-0.2, 0) is 0 Å². The van der Waals surface area contributed by atoms with Gasteiger partial charge in [0.1, 0.15) is 0 Å². The van der Waals surface area contributed by atoms with Crippen LogP contribution in [0.4, 0.5) is 0 Å². The molecule has 10 bridgehead atoms. The van der Waals surface area contributed by atoms with E-state index in [4.69, 9.17) is 1.37 Å². The van der Waals surface area contributed by atoms with Gasteiger partial charge in [0.2, 0.25) is 0 Å².